The summed E-state index contributed by atoms with van der Waals surface area (Å²) in [4.78, 5) is 13.4. The maximum Gasteiger partial charge on any atom is 0.410 e. The van der Waals surface area contributed by atoms with Gasteiger partial charge in [0.05, 0.1) is 33.9 Å². The number of amides is 1. The van der Waals surface area contributed by atoms with Gasteiger partial charge in [-0.05, 0) is 134 Å². The SMILES string of the molecule is CN(CCNc1nnc(-c2ccc(F)c(F)c2Nc2ccc(I)cc2F)o1)C(=O)OC(C)(C)C.CNCCNc1nnc(-c2ccc(F)c(F)c2Nc2ccc(I)cc2F)o1.CO.Cl. The van der Waals surface area contributed by atoms with Gasteiger partial charge in [0.1, 0.15) is 17.2 Å². The Balaban J connectivity index is 0.000000330. The number of halogens is 9. The van der Waals surface area contributed by atoms with E-state index in [9.17, 15) is 31.1 Å². The van der Waals surface area contributed by atoms with Crippen molar-refractivity contribution in [2.45, 2.75) is 26.4 Å². The Morgan fingerprint density at radius 2 is 1.12 bits per heavy atom. The summed E-state index contributed by atoms with van der Waals surface area (Å²) in [5.74, 6) is -5.99. The van der Waals surface area contributed by atoms with Crippen LogP contribution in [0.4, 0.5) is 65.9 Å². The molecule has 0 radical (unpaired) electrons. The van der Waals surface area contributed by atoms with Gasteiger partial charge in [-0.25, -0.2) is 31.1 Å². The number of ether oxygens (including phenoxy) is 1. The van der Waals surface area contributed by atoms with Gasteiger partial charge < -0.3 is 50.2 Å². The lowest BCUT2D eigenvalue weighted by atomic mass is 10.1. The van der Waals surface area contributed by atoms with Crippen LogP contribution in [0.2, 0.25) is 0 Å². The number of benzene rings is 4. The first-order valence-corrected chi connectivity index (χ1v) is 20.7. The highest BCUT2D eigenvalue weighted by atomic mass is 127. The zero-order valence-electron chi connectivity index (χ0n) is 34.9. The fraction of sp³-hybridized carbons (Fsp3) is 0.275. The first-order valence-electron chi connectivity index (χ1n) is 18.5. The van der Waals surface area contributed by atoms with Gasteiger partial charge in [0.15, 0.2) is 23.3 Å². The predicted molar refractivity (Wildman–Crippen MR) is 249 cm³/mol. The van der Waals surface area contributed by atoms with E-state index in [4.69, 9.17) is 18.7 Å². The molecule has 0 aliphatic rings. The summed E-state index contributed by atoms with van der Waals surface area (Å²) in [6.45, 7) is 7.04. The number of hydrogen-bond acceptors (Lipinski definition) is 14. The van der Waals surface area contributed by atoms with Crippen LogP contribution in [0.5, 0.6) is 0 Å². The quantitative estimate of drug-likeness (QED) is 0.0344. The van der Waals surface area contributed by atoms with Crippen molar-refractivity contribution in [1.82, 2.24) is 30.6 Å². The van der Waals surface area contributed by atoms with Crippen molar-refractivity contribution >= 4 is 98.5 Å². The first kappa shape index (κ1) is 53.2. The lowest BCUT2D eigenvalue weighted by molar-refractivity contribution is 0.0305. The van der Waals surface area contributed by atoms with E-state index in [1.807, 2.05) is 45.2 Å². The van der Waals surface area contributed by atoms with Gasteiger partial charge in [0.25, 0.3) is 11.8 Å². The van der Waals surface area contributed by atoms with E-state index in [0.29, 0.717) is 20.2 Å². The second-order valence-corrected chi connectivity index (χ2v) is 16.2. The molecule has 6 rings (SSSR count). The van der Waals surface area contributed by atoms with Crippen LogP contribution >= 0.6 is 57.6 Å². The molecule has 0 unspecified atom stereocenters. The zero-order chi connectivity index (χ0) is 46.4. The average molecular weight is 1150 g/mol. The lowest BCUT2D eigenvalue weighted by Crippen LogP contribution is -2.36. The highest BCUT2D eigenvalue weighted by molar-refractivity contribution is 14.1. The van der Waals surface area contributed by atoms with Crippen LogP contribution in [0.3, 0.4) is 0 Å². The topological polar surface area (TPSA) is 188 Å². The number of anilines is 6. The van der Waals surface area contributed by atoms with Gasteiger partial charge in [-0.3, -0.25) is 0 Å². The molecule has 346 valence electrons. The van der Waals surface area contributed by atoms with Crippen molar-refractivity contribution in [3.05, 3.63) is 103 Å². The molecule has 6 aromatic rings. The highest BCUT2D eigenvalue weighted by Crippen LogP contribution is 2.36. The molecule has 0 bridgehead atoms. The summed E-state index contributed by atoms with van der Waals surface area (Å²) in [6.07, 6.45) is -0.485. The third-order valence-electron chi connectivity index (χ3n) is 7.96. The fourth-order valence-electron chi connectivity index (χ4n) is 5.02. The number of carbonyl (C=O) groups excluding carboxylic acids is 1. The third kappa shape index (κ3) is 15.0. The summed E-state index contributed by atoms with van der Waals surface area (Å²) in [5, 5.41) is 36.2. The summed E-state index contributed by atoms with van der Waals surface area (Å²) >= 11 is 3.89. The van der Waals surface area contributed by atoms with Gasteiger partial charge in [-0.2, -0.15) is 0 Å². The van der Waals surface area contributed by atoms with E-state index in [-0.39, 0.29) is 83.2 Å². The summed E-state index contributed by atoms with van der Waals surface area (Å²) < 4.78 is 103. The number of aliphatic hydroxyl groups excluding tert-OH is 1. The number of nitrogens with one attached hydrogen (secondary N) is 5. The lowest BCUT2D eigenvalue weighted by Gasteiger charge is -2.24. The molecule has 0 saturated heterocycles. The number of nitrogens with zero attached hydrogens (tertiary/aromatic N) is 5. The molecule has 0 spiro atoms. The highest BCUT2D eigenvalue weighted by Gasteiger charge is 2.23. The van der Waals surface area contributed by atoms with Crippen LogP contribution in [0.25, 0.3) is 22.9 Å². The maximum absolute atomic E-state index is 14.6. The van der Waals surface area contributed by atoms with E-state index in [0.717, 1.165) is 19.2 Å². The molecule has 0 atom stereocenters. The summed E-state index contributed by atoms with van der Waals surface area (Å²) in [5.41, 5.74) is -1.15. The van der Waals surface area contributed by atoms with Gasteiger partial charge in [0, 0.05) is 47.5 Å². The smallest absolute Gasteiger partial charge is 0.410 e. The first-order chi connectivity index (χ1) is 29.9. The van der Waals surface area contributed by atoms with Crippen molar-refractivity contribution in [3.63, 3.8) is 0 Å². The van der Waals surface area contributed by atoms with Crippen molar-refractivity contribution in [2.24, 2.45) is 0 Å². The Hall–Kier alpha value is -5.12. The molecule has 0 saturated carbocycles. The van der Waals surface area contributed by atoms with Crippen LogP contribution in [-0.2, 0) is 4.74 Å². The number of carbonyl (C=O) groups is 1. The minimum absolute atomic E-state index is 0. The van der Waals surface area contributed by atoms with E-state index >= 15 is 0 Å². The molecule has 2 heterocycles. The maximum atomic E-state index is 14.6. The minimum atomic E-state index is -1.22. The van der Waals surface area contributed by atoms with Gasteiger partial charge >= 0.3 is 18.1 Å². The molecular weight excluding hydrogens is 1100 g/mol. The van der Waals surface area contributed by atoms with Gasteiger partial charge in [0.2, 0.25) is 0 Å². The minimum Gasteiger partial charge on any atom is -0.444 e. The van der Waals surface area contributed by atoms with Crippen LogP contribution in [0.15, 0.2) is 69.5 Å². The second kappa shape index (κ2) is 24.8. The van der Waals surface area contributed by atoms with E-state index in [1.165, 1.54) is 41.3 Å². The number of rotatable bonds is 14. The molecule has 0 aliphatic heterocycles. The summed E-state index contributed by atoms with van der Waals surface area (Å²) in [6, 6.07) is 13.2. The van der Waals surface area contributed by atoms with E-state index in [2.05, 4.69) is 47.0 Å². The van der Waals surface area contributed by atoms with Crippen LogP contribution in [0.1, 0.15) is 20.8 Å². The Labute approximate surface area is 397 Å². The van der Waals surface area contributed by atoms with Crippen molar-refractivity contribution < 1.29 is 49.8 Å². The van der Waals surface area contributed by atoms with Crippen molar-refractivity contribution in [2.75, 3.05) is 68.7 Å². The Kier molecular flexibility index (Phi) is 20.6. The average Bonchev–Trinajstić information content (AvgIpc) is 3.91. The molecule has 15 nitrogen and oxygen atoms in total. The van der Waals surface area contributed by atoms with Crippen LogP contribution in [0, 0.1) is 42.0 Å². The molecule has 1 amide bonds. The fourth-order valence-corrected chi connectivity index (χ4v) is 5.92. The van der Waals surface area contributed by atoms with E-state index < -0.39 is 46.6 Å². The molecule has 0 aliphatic carbocycles. The second-order valence-electron chi connectivity index (χ2n) is 13.7. The molecule has 2 aromatic heterocycles. The third-order valence-corrected chi connectivity index (χ3v) is 9.30. The number of likely N-dealkylation sites (N-methyl/N-ethyl adjacent to an activating group) is 2. The number of aromatic nitrogens is 4. The Bertz CT molecular complexity index is 2480. The Morgan fingerprint density at radius 1 is 0.688 bits per heavy atom. The zero-order valence-corrected chi connectivity index (χ0v) is 40.0. The predicted octanol–water partition coefficient (Wildman–Crippen LogP) is 9.94. The van der Waals surface area contributed by atoms with Gasteiger partial charge in [-0.1, -0.05) is 10.2 Å². The monoisotopic (exact) mass is 1150 g/mol. The molecule has 4 aromatic carbocycles. The van der Waals surface area contributed by atoms with Gasteiger partial charge in [-0.15, -0.1) is 22.6 Å². The normalized spacial score (nSPS) is 10.7. The Morgan fingerprint density at radius 3 is 1.53 bits per heavy atom. The summed E-state index contributed by atoms with van der Waals surface area (Å²) in [7, 11) is 4.38. The molecular formula is C40H43ClF6I2N10O5. The largest absolute Gasteiger partial charge is 0.444 e. The van der Waals surface area contributed by atoms with Crippen LogP contribution in [-0.4, -0.2) is 89.5 Å². The number of aliphatic hydroxyl groups is 1. The number of hydrogen-bond donors (Lipinski definition) is 6. The van der Waals surface area contributed by atoms with Crippen molar-refractivity contribution in [1.29, 1.82) is 0 Å². The van der Waals surface area contributed by atoms with Crippen molar-refractivity contribution in [3.8, 4) is 22.9 Å². The van der Waals surface area contributed by atoms with E-state index in [1.54, 1.807) is 47.0 Å². The van der Waals surface area contributed by atoms with Crippen LogP contribution < -0.4 is 26.6 Å². The molecule has 64 heavy (non-hydrogen) atoms. The molecule has 6 N–H and O–H groups in total. The molecule has 24 heteroatoms. The molecule has 0 fully saturated rings. The standard InChI is InChI=1S/C22H23F3IN5O3.C17H15F3IN5O.CH4O.ClH/c1-22(2,3)34-21(32)31(4)10-9-27-20-30-29-19(33-20)13-6-7-14(23)17(25)18(13)28-16-8-5-12(26)11-15(16)24;1-22-6-7-23-17-26-25-16(27-17)10-3-4-11(18)14(20)15(10)24-13-5-2-9(21)8-12(13)19;1-2;/h5-8,11,28H,9-10H2,1-4H3,(H,27,30);2-5,8,22,24H,6-7H2,1H3,(H,23,26);2H,1H3;1H.